The van der Waals surface area contributed by atoms with Crippen LogP contribution in [0.2, 0.25) is 0 Å². The Bertz CT molecular complexity index is 981. The van der Waals surface area contributed by atoms with Crippen LogP contribution >= 0.6 is 0 Å². The van der Waals surface area contributed by atoms with Gasteiger partial charge in [-0.05, 0) is 39.8 Å². The Labute approximate surface area is 146 Å². The fraction of sp³-hybridized carbons (Fsp3) is 0.333. The summed E-state index contributed by atoms with van der Waals surface area (Å²) in [5, 5.41) is 17.2. The van der Waals surface area contributed by atoms with Crippen LogP contribution in [0.15, 0.2) is 18.2 Å². The van der Waals surface area contributed by atoms with E-state index in [0.717, 1.165) is 29.1 Å². The average Bonchev–Trinajstić information content (AvgIpc) is 2.83. The van der Waals surface area contributed by atoms with Crippen molar-refractivity contribution in [2.24, 2.45) is 0 Å². The van der Waals surface area contributed by atoms with E-state index in [-0.39, 0.29) is 6.04 Å². The van der Waals surface area contributed by atoms with Crippen LogP contribution in [0.1, 0.15) is 35.1 Å². The van der Waals surface area contributed by atoms with E-state index in [2.05, 4.69) is 26.5 Å². The highest BCUT2D eigenvalue weighted by molar-refractivity contribution is 5.69. The first kappa shape index (κ1) is 16.7. The molecular formula is C18H21N7. The Hall–Kier alpha value is -3.14. The first-order chi connectivity index (χ1) is 11.9. The maximum atomic E-state index is 9.51. The Balaban J connectivity index is 1.95. The van der Waals surface area contributed by atoms with Crippen molar-refractivity contribution in [2.75, 3.05) is 11.1 Å². The van der Waals surface area contributed by atoms with Crippen molar-refractivity contribution in [1.82, 2.24) is 19.6 Å². The summed E-state index contributed by atoms with van der Waals surface area (Å²) < 4.78 is 1.53. The fourth-order valence-electron chi connectivity index (χ4n) is 2.81. The molecule has 0 aliphatic rings. The largest absolute Gasteiger partial charge is 0.382 e. The second kappa shape index (κ2) is 6.40. The number of hydrogen-bond acceptors (Lipinski definition) is 6. The number of nitriles is 1. The molecule has 0 unspecified atom stereocenters. The van der Waals surface area contributed by atoms with E-state index in [4.69, 9.17) is 5.73 Å². The summed E-state index contributed by atoms with van der Waals surface area (Å²) in [6, 6.07) is 8.13. The molecule has 3 N–H and O–H groups in total. The summed E-state index contributed by atoms with van der Waals surface area (Å²) in [7, 11) is 0. The molecule has 0 spiro atoms. The highest BCUT2D eigenvalue weighted by Gasteiger charge is 2.18. The fourth-order valence-corrected chi connectivity index (χ4v) is 2.81. The molecule has 0 fully saturated rings. The molecule has 0 aliphatic heterocycles. The number of nitrogen functional groups attached to an aromatic ring is 1. The Kier molecular flexibility index (Phi) is 4.28. The molecule has 25 heavy (non-hydrogen) atoms. The van der Waals surface area contributed by atoms with Gasteiger partial charge in [0.15, 0.2) is 11.5 Å². The summed E-state index contributed by atoms with van der Waals surface area (Å²) in [6.07, 6.45) is 0.719. The van der Waals surface area contributed by atoms with E-state index in [1.54, 1.807) is 0 Å². The predicted octanol–water partition coefficient (Wildman–Crippen LogP) is 2.55. The second-order valence-electron chi connectivity index (χ2n) is 6.30. The number of nitrogens with one attached hydrogen (secondary N) is 1. The van der Waals surface area contributed by atoms with Crippen LogP contribution in [-0.4, -0.2) is 25.6 Å². The molecular weight excluding hydrogens is 314 g/mol. The summed E-state index contributed by atoms with van der Waals surface area (Å²) in [5.74, 6) is 0.780. The maximum absolute atomic E-state index is 9.51. The number of aromatic nitrogens is 4. The van der Waals surface area contributed by atoms with Gasteiger partial charge in [0.25, 0.3) is 0 Å². The molecule has 7 heteroatoms. The van der Waals surface area contributed by atoms with Gasteiger partial charge in [0, 0.05) is 29.4 Å². The number of nitrogens with two attached hydrogens (primary N) is 1. The van der Waals surface area contributed by atoms with Gasteiger partial charge in [0.2, 0.25) is 0 Å². The van der Waals surface area contributed by atoms with Crippen molar-refractivity contribution in [3.05, 3.63) is 46.4 Å². The van der Waals surface area contributed by atoms with Gasteiger partial charge in [-0.3, -0.25) is 4.98 Å². The van der Waals surface area contributed by atoms with Gasteiger partial charge in [-0.1, -0.05) is 6.07 Å². The number of aryl methyl sites for hydroxylation is 3. The van der Waals surface area contributed by atoms with Gasteiger partial charge >= 0.3 is 0 Å². The molecule has 7 nitrogen and oxygen atoms in total. The number of nitrogens with zero attached hydrogens (tertiary/aromatic N) is 5. The molecule has 0 saturated carbocycles. The highest BCUT2D eigenvalue weighted by atomic mass is 15.3. The van der Waals surface area contributed by atoms with Gasteiger partial charge in [0.1, 0.15) is 17.5 Å². The van der Waals surface area contributed by atoms with Crippen LogP contribution in [0, 0.1) is 32.1 Å². The minimum Gasteiger partial charge on any atom is -0.382 e. The summed E-state index contributed by atoms with van der Waals surface area (Å²) in [5.41, 5.74) is 10.9. The van der Waals surface area contributed by atoms with Crippen molar-refractivity contribution in [2.45, 2.75) is 40.2 Å². The van der Waals surface area contributed by atoms with E-state index in [9.17, 15) is 5.26 Å². The second-order valence-corrected chi connectivity index (χ2v) is 6.30. The van der Waals surface area contributed by atoms with E-state index < -0.39 is 0 Å². The van der Waals surface area contributed by atoms with Crippen LogP contribution < -0.4 is 11.1 Å². The van der Waals surface area contributed by atoms with Gasteiger partial charge in [-0.2, -0.15) is 14.9 Å². The first-order valence-electron chi connectivity index (χ1n) is 8.15. The number of rotatable bonds is 4. The lowest BCUT2D eigenvalue weighted by molar-refractivity contribution is 0.761. The Morgan fingerprint density at radius 3 is 2.72 bits per heavy atom. The minimum absolute atomic E-state index is 0.0417. The zero-order chi connectivity index (χ0) is 18.1. The zero-order valence-electron chi connectivity index (χ0n) is 14.8. The normalized spacial score (nSPS) is 12.1. The number of anilines is 2. The Morgan fingerprint density at radius 2 is 2.04 bits per heavy atom. The van der Waals surface area contributed by atoms with Gasteiger partial charge in [-0.25, -0.2) is 4.98 Å². The first-order valence-corrected chi connectivity index (χ1v) is 8.15. The number of hydrogen-bond donors (Lipinski definition) is 2. The van der Waals surface area contributed by atoms with E-state index >= 15 is 0 Å². The van der Waals surface area contributed by atoms with Crippen LogP contribution in [-0.2, 0) is 6.42 Å². The summed E-state index contributed by atoms with van der Waals surface area (Å²) >= 11 is 0. The SMILES string of the molecule is Cc1cccc(C[C@H](C)Nc2nc3c(C)c(C)nn3c(N)c2C#N)n1. The molecule has 0 radical (unpaired) electrons. The lowest BCUT2D eigenvalue weighted by Gasteiger charge is -2.16. The summed E-state index contributed by atoms with van der Waals surface area (Å²) in [6.45, 7) is 7.84. The quantitative estimate of drug-likeness (QED) is 0.759. The summed E-state index contributed by atoms with van der Waals surface area (Å²) in [4.78, 5) is 9.11. The maximum Gasteiger partial charge on any atom is 0.162 e. The van der Waals surface area contributed by atoms with Gasteiger partial charge < -0.3 is 11.1 Å². The third kappa shape index (κ3) is 3.11. The molecule has 3 rings (SSSR count). The Morgan fingerprint density at radius 1 is 1.28 bits per heavy atom. The van der Waals surface area contributed by atoms with E-state index in [1.165, 1.54) is 4.52 Å². The van der Waals surface area contributed by atoms with Crippen LogP contribution in [0.5, 0.6) is 0 Å². The molecule has 3 aromatic rings. The van der Waals surface area contributed by atoms with Gasteiger partial charge in [0.05, 0.1) is 5.69 Å². The minimum atomic E-state index is 0.0417. The third-order valence-corrected chi connectivity index (χ3v) is 4.22. The van der Waals surface area contributed by atoms with Crippen molar-refractivity contribution in [3.8, 4) is 6.07 Å². The van der Waals surface area contributed by atoms with Gasteiger partial charge in [-0.15, -0.1) is 0 Å². The highest BCUT2D eigenvalue weighted by Crippen LogP contribution is 2.24. The molecule has 3 aromatic heterocycles. The zero-order valence-corrected chi connectivity index (χ0v) is 14.8. The molecule has 1 atom stereocenters. The predicted molar refractivity (Wildman–Crippen MR) is 97.4 cm³/mol. The standard InChI is InChI=1S/C18H21N7/c1-10-6-5-7-14(21-10)8-11(2)22-17-15(9-19)16(20)25-18(23-17)12(3)13(4)24-25/h5-7,11H,8,20H2,1-4H3,(H,22,23)/t11-/m0/s1. The van der Waals surface area contributed by atoms with Crippen LogP contribution in [0.25, 0.3) is 5.65 Å². The molecule has 0 amide bonds. The van der Waals surface area contributed by atoms with Crippen LogP contribution in [0.4, 0.5) is 11.6 Å². The smallest absolute Gasteiger partial charge is 0.162 e. The molecule has 0 saturated heterocycles. The lowest BCUT2D eigenvalue weighted by Crippen LogP contribution is -2.21. The number of pyridine rings is 1. The monoisotopic (exact) mass is 335 g/mol. The third-order valence-electron chi connectivity index (χ3n) is 4.22. The van der Waals surface area contributed by atoms with E-state index in [0.29, 0.717) is 22.8 Å². The topological polar surface area (TPSA) is 105 Å². The molecule has 0 bridgehead atoms. The van der Waals surface area contributed by atoms with Crippen molar-refractivity contribution in [1.29, 1.82) is 5.26 Å². The van der Waals surface area contributed by atoms with E-state index in [1.807, 2.05) is 45.9 Å². The molecule has 3 heterocycles. The molecule has 128 valence electrons. The average molecular weight is 335 g/mol. The van der Waals surface area contributed by atoms with Crippen molar-refractivity contribution >= 4 is 17.3 Å². The van der Waals surface area contributed by atoms with Crippen molar-refractivity contribution in [3.63, 3.8) is 0 Å². The van der Waals surface area contributed by atoms with Crippen LogP contribution in [0.3, 0.4) is 0 Å². The molecule has 0 aromatic carbocycles. The van der Waals surface area contributed by atoms with Crippen molar-refractivity contribution < 1.29 is 0 Å². The number of fused-ring (bicyclic) bond motifs is 1. The lowest BCUT2D eigenvalue weighted by atomic mass is 10.1. The molecule has 0 aliphatic carbocycles.